The highest BCUT2D eigenvalue weighted by atomic mass is 32.1. The lowest BCUT2D eigenvalue weighted by Crippen LogP contribution is -2.35. The first-order valence-electron chi connectivity index (χ1n) is 21.6. The molecule has 10 atom stereocenters. The summed E-state index contributed by atoms with van der Waals surface area (Å²) in [6, 6.07) is 0. The van der Waals surface area contributed by atoms with E-state index in [1.165, 1.54) is 35.1 Å². The summed E-state index contributed by atoms with van der Waals surface area (Å²) >= 11 is 5.45. The number of ether oxygens (including phenoxy) is 2. The number of hydrogen-bond acceptors (Lipinski definition) is 8. The molecule has 0 spiro atoms. The third kappa shape index (κ3) is 10.6. The molecule has 8 nitrogen and oxygen atoms in total. The Hall–Kier alpha value is -2.76. The number of carboxylic acid groups (broad SMARTS) is 1. The number of hydrogen-bond donors (Lipinski definition) is 5. The van der Waals surface area contributed by atoms with Crippen molar-refractivity contribution in [3.63, 3.8) is 0 Å². The van der Waals surface area contributed by atoms with Crippen LogP contribution in [0.4, 0.5) is 0 Å². The zero-order valence-electron chi connectivity index (χ0n) is 35.8. The molecule has 0 aromatic carbocycles. The van der Waals surface area contributed by atoms with Crippen molar-refractivity contribution < 1.29 is 39.8 Å². The van der Waals surface area contributed by atoms with E-state index in [4.69, 9.17) is 26.8 Å². The van der Waals surface area contributed by atoms with Gasteiger partial charge in [-0.1, -0.05) is 101 Å². The normalized spacial score (nSPS) is 36.3. The minimum Gasteiger partial charge on any atom is -0.480 e. The Morgan fingerprint density at radius 3 is 1.57 bits per heavy atom. The molecule has 6 aliphatic carbocycles. The van der Waals surface area contributed by atoms with E-state index in [9.17, 15) is 25.2 Å². The second-order valence-corrected chi connectivity index (χ2v) is 19.0. The zero-order chi connectivity index (χ0) is 42.5. The van der Waals surface area contributed by atoms with E-state index in [-0.39, 0.29) is 29.6 Å². The molecule has 0 aromatic heterocycles. The van der Waals surface area contributed by atoms with Crippen LogP contribution in [0.2, 0.25) is 0 Å². The van der Waals surface area contributed by atoms with Crippen molar-refractivity contribution in [1.82, 2.24) is 0 Å². The lowest BCUT2D eigenvalue weighted by Gasteiger charge is -2.42. The van der Waals surface area contributed by atoms with Crippen LogP contribution in [0.1, 0.15) is 119 Å². The van der Waals surface area contributed by atoms with E-state index in [1.807, 2.05) is 13.0 Å². The SMILES string of the molecule is C=C1C(=CC=C2CCC[C@]3(C)C([C@H](C)OCC(=O)O)=CCC23)C[C@@H](O)C[C@@H]1O.C=C1C(=CC=C2CCC[C@]3(C)C([C@H](C)OCC(=S)C(C)C)=CC[C@@H]23)C[C@@H](O)C[C@@H]1O. The van der Waals surface area contributed by atoms with Gasteiger partial charge in [-0.25, -0.2) is 4.79 Å². The van der Waals surface area contributed by atoms with Crippen LogP contribution in [0.3, 0.4) is 0 Å². The molecule has 0 bridgehead atoms. The van der Waals surface area contributed by atoms with Crippen molar-refractivity contribution in [3.05, 3.63) is 94.2 Å². The zero-order valence-corrected chi connectivity index (χ0v) is 36.7. The third-order valence-corrected chi connectivity index (χ3v) is 14.8. The average Bonchev–Trinajstić information content (AvgIpc) is 3.71. The first kappa shape index (κ1) is 46.3. The van der Waals surface area contributed by atoms with E-state index in [0.717, 1.165) is 60.1 Å². The van der Waals surface area contributed by atoms with Crippen molar-refractivity contribution >= 4 is 23.1 Å². The van der Waals surface area contributed by atoms with Crippen LogP contribution in [-0.2, 0) is 14.3 Å². The first-order valence-corrected chi connectivity index (χ1v) is 22.0. The number of thiocarbonyl (C=S) groups is 1. The van der Waals surface area contributed by atoms with Gasteiger partial charge in [0, 0.05) is 17.7 Å². The standard InChI is InChI=1S/C26H38O3S.C23H32O5/c1-16(2)25(30)15-29-18(4)22-10-11-23-19(7-6-12-26(22,23)5)8-9-20-13-21(27)14-24(28)17(20)3;1-14-17(11-18(24)12-21(14)25)7-6-16-5-4-10-23(3)19(8-9-20(16)23)15(2)28-13-22(26)27/h8-10,16,18,21,23-24,27-28H,3,6-7,11-15H2,1-2,4-5H3;6-8,15,18,20-21,24-25H,1,4-5,9-13H2,2-3H3,(H,26,27)/t18-,21+,23-,24-,26+;15-,18+,20?,21-,23+/m00/s1. The summed E-state index contributed by atoms with van der Waals surface area (Å²) in [5, 5.41) is 49.0. The van der Waals surface area contributed by atoms with Crippen molar-refractivity contribution in [1.29, 1.82) is 0 Å². The number of allylic oxidation sites excluding steroid dienone is 8. The van der Waals surface area contributed by atoms with Crippen LogP contribution in [0.25, 0.3) is 0 Å². The summed E-state index contributed by atoms with van der Waals surface area (Å²) in [5.41, 5.74) is 8.96. The van der Waals surface area contributed by atoms with Gasteiger partial charge in [0.05, 0.1) is 43.2 Å². The quantitative estimate of drug-likeness (QED) is 0.102. The second-order valence-electron chi connectivity index (χ2n) is 18.5. The molecule has 0 heterocycles. The molecule has 0 radical (unpaired) electrons. The Morgan fingerprint density at radius 1 is 0.759 bits per heavy atom. The summed E-state index contributed by atoms with van der Waals surface area (Å²) in [7, 11) is 0. The number of carboxylic acids is 1. The molecule has 58 heavy (non-hydrogen) atoms. The van der Waals surface area contributed by atoms with Gasteiger partial charge in [0.25, 0.3) is 0 Å². The van der Waals surface area contributed by atoms with Gasteiger partial charge in [-0.2, -0.15) is 0 Å². The maximum Gasteiger partial charge on any atom is 0.329 e. The molecular formula is C49H70O8S. The predicted octanol–water partition coefficient (Wildman–Crippen LogP) is 9.02. The number of rotatable bonds is 11. The van der Waals surface area contributed by atoms with Gasteiger partial charge in [-0.3, -0.25) is 0 Å². The highest BCUT2D eigenvalue weighted by Gasteiger charge is 2.47. The number of carbonyl (C=O) groups is 1. The van der Waals surface area contributed by atoms with Crippen LogP contribution in [0.5, 0.6) is 0 Å². The van der Waals surface area contributed by atoms with Crippen molar-refractivity contribution in [2.45, 2.75) is 155 Å². The van der Waals surface area contributed by atoms with E-state index < -0.39 is 30.4 Å². The molecule has 0 amide bonds. The number of aliphatic hydroxyl groups excluding tert-OH is 4. The van der Waals surface area contributed by atoms with Gasteiger partial charge in [0.2, 0.25) is 0 Å². The maximum absolute atomic E-state index is 10.8. The predicted molar refractivity (Wildman–Crippen MR) is 235 cm³/mol. The third-order valence-electron chi connectivity index (χ3n) is 14.2. The lowest BCUT2D eigenvalue weighted by atomic mass is 9.63. The first-order chi connectivity index (χ1) is 27.3. The van der Waals surface area contributed by atoms with Crippen molar-refractivity contribution in [2.24, 2.45) is 28.6 Å². The molecule has 9 heteroatoms. The van der Waals surface area contributed by atoms with Crippen LogP contribution >= 0.6 is 12.2 Å². The fourth-order valence-electron chi connectivity index (χ4n) is 10.6. The van der Waals surface area contributed by atoms with Crippen molar-refractivity contribution in [2.75, 3.05) is 13.2 Å². The molecule has 5 N–H and O–H groups in total. The summed E-state index contributed by atoms with van der Waals surface area (Å²) < 4.78 is 11.7. The topological polar surface area (TPSA) is 137 Å². The van der Waals surface area contributed by atoms with Crippen molar-refractivity contribution in [3.8, 4) is 0 Å². The fraction of sp³-hybridized carbons (Fsp3) is 0.633. The fourth-order valence-corrected chi connectivity index (χ4v) is 10.7. The second kappa shape index (κ2) is 19.7. The van der Waals surface area contributed by atoms with E-state index in [0.29, 0.717) is 55.6 Å². The summed E-state index contributed by atoms with van der Waals surface area (Å²) in [6.07, 6.45) is 21.2. The maximum atomic E-state index is 10.8. The Labute approximate surface area is 352 Å². The van der Waals surface area contributed by atoms with Gasteiger partial charge in [0.15, 0.2) is 0 Å². The molecule has 0 aliphatic heterocycles. The lowest BCUT2D eigenvalue weighted by molar-refractivity contribution is -0.143. The van der Waals surface area contributed by atoms with Gasteiger partial charge in [-0.15, -0.1) is 0 Å². The highest BCUT2D eigenvalue weighted by Crippen LogP contribution is 2.57. The molecule has 1 unspecified atom stereocenters. The van der Waals surface area contributed by atoms with Gasteiger partial charge in [-0.05, 0) is 140 Å². The number of fused-ring (bicyclic) bond motifs is 2. The van der Waals surface area contributed by atoms with E-state index in [2.05, 4.69) is 78.2 Å². The minimum absolute atomic E-state index is 0.0108. The summed E-state index contributed by atoms with van der Waals surface area (Å²) in [4.78, 5) is 11.8. The smallest absolute Gasteiger partial charge is 0.329 e. The van der Waals surface area contributed by atoms with Crippen LogP contribution < -0.4 is 0 Å². The molecule has 6 rings (SSSR count). The number of aliphatic carboxylic acids is 1. The van der Waals surface area contributed by atoms with Crippen LogP contribution in [-0.4, -0.2) is 86.2 Å². The molecule has 6 aliphatic rings. The van der Waals surface area contributed by atoms with Gasteiger partial charge >= 0.3 is 5.97 Å². The van der Waals surface area contributed by atoms with E-state index >= 15 is 0 Å². The summed E-state index contributed by atoms with van der Waals surface area (Å²) in [5.74, 6) is 0.306. The molecule has 0 aromatic rings. The Kier molecular flexibility index (Phi) is 15.8. The largest absolute Gasteiger partial charge is 0.480 e. The molecule has 0 saturated heterocycles. The van der Waals surface area contributed by atoms with Crippen LogP contribution in [0, 0.1) is 28.6 Å². The highest BCUT2D eigenvalue weighted by molar-refractivity contribution is 7.80. The number of aliphatic hydroxyl groups is 4. The summed E-state index contributed by atoms with van der Waals surface area (Å²) in [6.45, 7) is 21.3. The molecule has 320 valence electrons. The Morgan fingerprint density at radius 2 is 1.17 bits per heavy atom. The molecular weight excluding hydrogens is 749 g/mol. The molecule has 4 fully saturated rings. The minimum atomic E-state index is -0.944. The Bertz CT molecular complexity index is 1760. The van der Waals surface area contributed by atoms with Gasteiger partial charge in [0.1, 0.15) is 6.61 Å². The average molecular weight is 819 g/mol. The van der Waals surface area contributed by atoms with E-state index in [1.54, 1.807) is 0 Å². The van der Waals surface area contributed by atoms with Gasteiger partial charge < -0.3 is 35.0 Å². The monoisotopic (exact) mass is 818 g/mol. The molecule has 4 saturated carbocycles. The Balaban J connectivity index is 0.000000221. The van der Waals surface area contributed by atoms with Crippen LogP contribution in [0.15, 0.2) is 94.2 Å².